The SMILES string of the molecule is CCNC(=NCc1nnc(C)n1C)NC1C2CCOC2C12CCCC2.I. The zero-order valence-electron chi connectivity index (χ0n) is 16.0. The maximum absolute atomic E-state index is 6.09. The minimum Gasteiger partial charge on any atom is -0.377 e. The van der Waals surface area contributed by atoms with E-state index in [2.05, 4.69) is 27.8 Å². The highest BCUT2D eigenvalue weighted by Crippen LogP contribution is 2.60. The molecule has 2 aliphatic carbocycles. The van der Waals surface area contributed by atoms with E-state index in [1.807, 2.05) is 18.5 Å². The van der Waals surface area contributed by atoms with Gasteiger partial charge in [0.25, 0.3) is 0 Å². The molecule has 3 atom stereocenters. The summed E-state index contributed by atoms with van der Waals surface area (Å²) in [4.78, 5) is 4.78. The molecule has 3 aliphatic rings. The van der Waals surface area contributed by atoms with Gasteiger partial charge in [-0.1, -0.05) is 12.8 Å². The molecule has 146 valence electrons. The predicted molar refractivity (Wildman–Crippen MR) is 112 cm³/mol. The number of ether oxygens (including phenoxy) is 1. The van der Waals surface area contributed by atoms with Crippen LogP contribution in [-0.2, 0) is 18.3 Å². The summed E-state index contributed by atoms with van der Waals surface area (Å²) < 4.78 is 8.08. The minimum atomic E-state index is 0. The first-order valence-electron chi connectivity index (χ1n) is 9.67. The second-order valence-electron chi connectivity index (χ2n) is 7.72. The summed E-state index contributed by atoms with van der Waals surface area (Å²) in [6.07, 6.45) is 6.87. The molecule has 8 heteroatoms. The number of rotatable bonds is 4. The average Bonchev–Trinajstić information content (AvgIpc) is 3.32. The number of hydrogen-bond acceptors (Lipinski definition) is 4. The van der Waals surface area contributed by atoms with Crippen LogP contribution in [0.3, 0.4) is 0 Å². The largest absolute Gasteiger partial charge is 0.377 e. The Hall–Kier alpha value is -0.900. The zero-order chi connectivity index (χ0) is 17.4. The van der Waals surface area contributed by atoms with Gasteiger partial charge in [0, 0.05) is 37.6 Å². The van der Waals surface area contributed by atoms with E-state index < -0.39 is 0 Å². The van der Waals surface area contributed by atoms with Crippen LogP contribution >= 0.6 is 24.0 Å². The van der Waals surface area contributed by atoms with E-state index in [1.165, 1.54) is 32.1 Å². The Balaban J connectivity index is 0.00000196. The second kappa shape index (κ2) is 8.00. The lowest BCUT2D eigenvalue weighted by molar-refractivity contribution is -0.125. The molecule has 1 saturated heterocycles. The number of hydrogen-bond donors (Lipinski definition) is 2. The first kappa shape index (κ1) is 19.9. The monoisotopic (exact) mass is 474 g/mol. The normalized spacial score (nSPS) is 29.2. The van der Waals surface area contributed by atoms with Crippen molar-refractivity contribution < 1.29 is 4.74 Å². The lowest BCUT2D eigenvalue weighted by atomic mass is 9.54. The Morgan fingerprint density at radius 2 is 2.12 bits per heavy atom. The van der Waals surface area contributed by atoms with E-state index >= 15 is 0 Å². The molecule has 0 bridgehead atoms. The second-order valence-corrected chi connectivity index (χ2v) is 7.72. The Morgan fingerprint density at radius 3 is 2.77 bits per heavy atom. The summed E-state index contributed by atoms with van der Waals surface area (Å²) in [5.74, 6) is 3.34. The van der Waals surface area contributed by atoms with Crippen molar-refractivity contribution in [3.63, 3.8) is 0 Å². The fourth-order valence-electron chi connectivity index (χ4n) is 5.11. The van der Waals surface area contributed by atoms with Gasteiger partial charge < -0.3 is 19.9 Å². The number of aliphatic imine (C=N–C) groups is 1. The van der Waals surface area contributed by atoms with Crippen LogP contribution in [0, 0.1) is 18.3 Å². The predicted octanol–water partition coefficient (Wildman–Crippen LogP) is 2.14. The Morgan fingerprint density at radius 1 is 1.35 bits per heavy atom. The van der Waals surface area contributed by atoms with Crippen molar-refractivity contribution >= 4 is 29.9 Å². The summed E-state index contributed by atoms with van der Waals surface area (Å²) in [6, 6.07) is 0.488. The third kappa shape index (κ3) is 3.23. The van der Waals surface area contributed by atoms with Crippen LogP contribution in [0.25, 0.3) is 0 Å². The average molecular weight is 474 g/mol. The molecule has 1 aromatic rings. The first-order chi connectivity index (χ1) is 12.2. The highest BCUT2D eigenvalue weighted by atomic mass is 127. The van der Waals surface area contributed by atoms with Gasteiger partial charge >= 0.3 is 0 Å². The van der Waals surface area contributed by atoms with Gasteiger partial charge in [0.05, 0.1) is 6.10 Å². The number of guanidine groups is 1. The number of aromatic nitrogens is 3. The molecule has 1 aliphatic heterocycles. The smallest absolute Gasteiger partial charge is 0.191 e. The number of nitrogens with one attached hydrogen (secondary N) is 2. The number of fused-ring (bicyclic) bond motifs is 2. The summed E-state index contributed by atoms with van der Waals surface area (Å²) in [6.45, 7) is 6.38. The van der Waals surface area contributed by atoms with Gasteiger partial charge in [-0.25, -0.2) is 4.99 Å². The van der Waals surface area contributed by atoms with E-state index in [4.69, 9.17) is 9.73 Å². The molecule has 1 spiro atoms. The van der Waals surface area contributed by atoms with Crippen molar-refractivity contribution in [2.24, 2.45) is 23.4 Å². The molecule has 0 amide bonds. The quantitative estimate of drug-likeness (QED) is 0.398. The van der Waals surface area contributed by atoms with Gasteiger partial charge in [-0.2, -0.15) is 0 Å². The third-order valence-corrected chi connectivity index (χ3v) is 6.48. The molecule has 26 heavy (non-hydrogen) atoms. The summed E-state index contributed by atoms with van der Waals surface area (Å²) in [5.41, 5.74) is 0.332. The topological polar surface area (TPSA) is 76.4 Å². The Bertz CT molecular complexity index is 654. The molecule has 2 saturated carbocycles. The van der Waals surface area contributed by atoms with Crippen molar-refractivity contribution in [1.82, 2.24) is 25.4 Å². The van der Waals surface area contributed by atoms with Crippen LogP contribution in [0.2, 0.25) is 0 Å². The Kier molecular flexibility index (Phi) is 6.11. The fourth-order valence-corrected chi connectivity index (χ4v) is 5.11. The van der Waals surface area contributed by atoms with Crippen LogP contribution in [-0.4, -0.2) is 46.0 Å². The highest BCUT2D eigenvalue weighted by molar-refractivity contribution is 14.0. The van der Waals surface area contributed by atoms with E-state index in [1.54, 1.807) is 0 Å². The summed E-state index contributed by atoms with van der Waals surface area (Å²) in [7, 11) is 1.99. The number of aryl methyl sites for hydroxylation is 1. The third-order valence-electron chi connectivity index (χ3n) is 6.48. The minimum absolute atomic E-state index is 0. The summed E-state index contributed by atoms with van der Waals surface area (Å²) >= 11 is 0. The lowest BCUT2D eigenvalue weighted by Gasteiger charge is -2.57. The lowest BCUT2D eigenvalue weighted by Crippen LogP contribution is -2.69. The molecule has 4 rings (SSSR count). The Labute approximate surface area is 172 Å². The molecular formula is C18H31IN6O. The van der Waals surface area contributed by atoms with Crippen molar-refractivity contribution in [1.29, 1.82) is 0 Å². The van der Waals surface area contributed by atoms with Crippen LogP contribution in [0.1, 0.15) is 50.7 Å². The van der Waals surface area contributed by atoms with Gasteiger partial charge in [-0.3, -0.25) is 0 Å². The molecular weight excluding hydrogens is 443 g/mol. The maximum atomic E-state index is 6.09. The van der Waals surface area contributed by atoms with Crippen LogP contribution < -0.4 is 10.6 Å². The molecule has 7 nitrogen and oxygen atoms in total. The number of nitrogens with zero attached hydrogens (tertiary/aromatic N) is 4. The van der Waals surface area contributed by atoms with Gasteiger partial charge in [-0.15, -0.1) is 34.2 Å². The number of halogens is 1. The van der Waals surface area contributed by atoms with Crippen LogP contribution in [0.4, 0.5) is 0 Å². The fraction of sp³-hybridized carbons (Fsp3) is 0.833. The van der Waals surface area contributed by atoms with E-state index in [0.29, 0.717) is 30.0 Å². The standard InChI is InChI=1S/C18H30N6O.HI/c1-4-19-17(20-11-14-23-22-12(2)24(14)3)21-15-13-7-10-25-16(13)18(15)8-5-6-9-18;/h13,15-16H,4-11H2,1-3H3,(H2,19,20,21);1H. The van der Waals surface area contributed by atoms with Crippen LogP contribution in [0.5, 0.6) is 0 Å². The van der Waals surface area contributed by atoms with Gasteiger partial charge in [0.1, 0.15) is 12.4 Å². The maximum Gasteiger partial charge on any atom is 0.191 e. The molecule has 2 heterocycles. The van der Waals surface area contributed by atoms with E-state index in [9.17, 15) is 0 Å². The molecule has 0 aromatic carbocycles. The first-order valence-corrected chi connectivity index (χ1v) is 9.67. The van der Waals surface area contributed by atoms with Crippen molar-refractivity contribution in [2.75, 3.05) is 13.2 Å². The van der Waals surface area contributed by atoms with Crippen LogP contribution in [0.15, 0.2) is 4.99 Å². The van der Waals surface area contributed by atoms with Gasteiger partial charge in [-0.05, 0) is 33.1 Å². The molecule has 1 aromatic heterocycles. The molecule has 2 N–H and O–H groups in total. The summed E-state index contributed by atoms with van der Waals surface area (Å²) in [5, 5.41) is 15.5. The van der Waals surface area contributed by atoms with Crippen molar-refractivity contribution in [2.45, 2.75) is 64.6 Å². The van der Waals surface area contributed by atoms with E-state index in [0.717, 1.165) is 30.8 Å². The zero-order valence-corrected chi connectivity index (χ0v) is 18.3. The van der Waals surface area contributed by atoms with Crippen molar-refractivity contribution in [3.05, 3.63) is 11.6 Å². The molecule has 3 unspecified atom stereocenters. The highest BCUT2D eigenvalue weighted by Gasteiger charge is 2.65. The van der Waals surface area contributed by atoms with Gasteiger partial charge in [0.2, 0.25) is 0 Å². The van der Waals surface area contributed by atoms with Crippen molar-refractivity contribution in [3.8, 4) is 0 Å². The van der Waals surface area contributed by atoms with Gasteiger partial charge in [0.15, 0.2) is 11.8 Å². The van der Waals surface area contributed by atoms with E-state index in [-0.39, 0.29) is 24.0 Å². The molecule has 3 fully saturated rings. The molecule has 0 radical (unpaired) electrons.